The van der Waals surface area contributed by atoms with Gasteiger partial charge in [-0.25, -0.2) is 0 Å². The Morgan fingerprint density at radius 3 is 3.19 bits per heavy atom. The van der Waals surface area contributed by atoms with Crippen LogP contribution in [0.1, 0.15) is 12.8 Å². The van der Waals surface area contributed by atoms with E-state index in [1.165, 1.54) is 4.80 Å². The standard InChI is InChI=1S/C13H17N5O2S/c19-5-2-10-1-4-17(7-10)12(20)8-18-15-13(14-16-18)11-3-6-21-9-11/h3,6,9-10,19H,1-2,4-5,7-8H2. The summed E-state index contributed by atoms with van der Waals surface area (Å²) in [6, 6.07) is 1.92. The van der Waals surface area contributed by atoms with Crippen molar-refractivity contribution >= 4 is 17.2 Å². The van der Waals surface area contributed by atoms with Gasteiger partial charge >= 0.3 is 0 Å². The molecule has 0 saturated carbocycles. The first-order valence-corrected chi connectivity index (χ1v) is 7.89. The lowest BCUT2D eigenvalue weighted by atomic mass is 10.1. The summed E-state index contributed by atoms with van der Waals surface area (Å²) in [7, 11) is 0. The van der Waals surface area contributed by atoms with Crippen LogP contribution in [0.4, 0.5) is 0 Å². The number of tetrazole rings is 1. The monoisotopic (exact) mass is 307 g/mol. The summed E-state index contributed by atoms with van der Waals surface area (Å²) in [5.74, 6) is 0.956. The molecule has 8 heteroatoms. The normalized spacial score (nSPS) is 18.3. The van der Waals surface area contributed by atoms with Gasteiger partial charge in [-0.05, 0) is 35.4 Å². The fourth-order valence-electron chi connectivity index (χ4n) is 2.52. The minimum absolute atomic E-state index is 0.00436. The van der Waals surface area contributed by atoms with E-state index in [1.54, 1.807) is 11.3 Å². The van der Waals surface area contributed by atoms with Crippen molar-refractivity contribution in [3.8, 4) is 11.4 Å². The van der Waals surface area contributed by atoms with Gasteiger partial charge < -0.3 is 10.0 Å². The van der Waals surface area contributed by atoms with E-state index in [-0.39, 0.29) is 19.1 Å². The first-order chi connectivity index (χ1) is 10.3. The second kappa shape index (κ2) is 6.31. The highest BCUT2D eigenvalue weighted by atomic mass is 32.1. The number of carbonyl (C=O) groups is 1. The maximum Gasteiger partial charge on any atom is 0.246 e. The maximum atomic E-state index is 12.2. The molecule has 2 aromatic rings. The predicted octanol–water partition coefficient (Wildman–Crippen LogP) is 0.632. The van der Waals surface area contributed by atoms with Crippen LogP contribution in [0.15, 0.2) is 16.8 Å². The van der Waals surface area contributed by atoms with E-state index in [0.29, 0.717) is 18.3 Å². The molecule has 1 unspecified atom stereocenters. The number of likely N-dealkylation sites (tertiary alicyclic amines) is 1. The average molecular weight is 307 g/mol. The van der Waals surface area contributed by atoms with Gasteiger partial charge in [0.25, 0.3) is 0 Å². The Morgan fingerprint density at radius 2 is 2.43 bits per heavy atom. The van der Waals surface area contributed by atoms with E-state index in [1.807, 2.05) is 21.7 Å². The van der Waals surface area contributed by atoms with Gasteiger partial charge in [0.05, 0.1) is 0 Å². The zero-order valence-corrected chi connectivity index (χ0v) is 12.4. The van der Waals surface area contributed by atoms with Crippen molar-refractivity contribution in [2.75, 3.05) is 19.7 Å². The Morgan fingerprint density at radius 1 is 1.52 bits per heavy atom. The van der Waals surface area contributed by atoms with Crippen LogP contribution in [-0.2, 0) is 11.3 Å². The van der Waals surface area contributed by atoms with Gasteiger partial charge in [-0.3, -0.25) is 4.79 Å². The van der Waals surface area contributed by atoms with E-state index in [0.717, 1.165) is 24.9 Å². The number of amides is 1. The Labute approximate surface area is 126 Å². The van der Waals surface area contributed by atoms with Gasteiger partial charge in [0, 0.05) is 30.6 Å². The van der Waals surface area contributed by atoms with Crippen LogP contribution < -0.4 is 0 Å². The molecule has 1 atom stereocenters. The van der Waals surface area contributed by atoms with E-state index in [2.05, 4.69) is 15.4 Å². The number of hydrogen-bond acceptors (Lipinski definition) is 6. The number of nitrogens with zero attached hydrogens (tertiary/aromatic N) is 5. The van der Waals surface area contributed by atoms with Crippen LogP contribution in [0.3, 0.4) is 0 Å². The molecule has 1 saturated heterocycles. The summed E-state index contributed by atoms with van der Waals surface area (Å²) in [6.45, 7) is 1.76. The highest BCUT2D eigenvalue weighted by Crippen LogP contribution is 2.20. The third kappa shape index (κ3) is 3.27. The summed E-state index contributed by atoms with van der Waals surface area (Å²) in [5, 5.41) is 25.0. The van der Waals surface area contributed by atoms with Crippen molar-refractivity contribution in [3.63, 3.8) is 0 Å². The lowest BCUT2D eigenvalue weighted by molar-refractivity contribution is -0.131. The van der Waals surface area contributed by atoms with Crippen molar-refractivity contribution < 1.29 is 9.90 Å². The van der Waals surface area contributed by atoms with E-state index < -0.39 is 0 Å². The number of hydrogen-bond donors (Lipinski definition) is 1. The van der Waals surface area contributed by atoms with Gasteiger partial charge in [-0.15, -0.1) is 10.2 Å². The highest BCUT2D eigenvalue weighted by molar-refractivity contribution is 7.08. The molecular formula is C13H17N5O2S. The zero-order valence-electron chi connectivity index (χ0n) is 11.6. The molecule has 0 aliphatic carbocycles. The summed E-state index contributed by atoms with van der Waals surface area (Å²) in [4.78, 5) is 15.4. The van der Waals surface area contributed by atoms with Crippen LogP contribution >= 0.6 is 11.3 Å². The Hall–Kier alpha value is -1.80. The Kier molecular flexibility index (Phi) is 4.26. The predicted molar refractivity (Wildman–Crippen MR) is 77.5 cm³/mol. The number of thiophene rings is 1. The van der Waals surface area contributed by atoms with Crippen LogP contribution in [0, 0.1) is 5.92 Å². The smallest absolute Gasteiger partial charge is 0.246 e. The Balaban J connectivity index is 1.58. The lowest BCUT2D eigenvalue weighted by Gasteiger charge is -2.15. The molecule has 1 N–H and O–H groups in total. The molecule has 112 valence electrons. The van der Waals surface area contributed by atoms with E-state index in [4.69, 9.17) is 5.11 Å². The first-order valence-electron chi connectivity index (χ1n) is 6.95. The number of carbonyl (C=O) groups excluding carboxylic acids is 1. The second-order valence-electron chi connectivity index (χ2n) is 5.16. The Bertz CT molecular complexity index is 597. The summed E-state index contributed by atoms with van der Waals surface area (Å²) in [5.41, 5.74) is 0.919. The quantitative estimate of drug-likeness (QED) is 0.876. The van der Waals surface area contributed by atoms with Gasteiger partial charge in [0.2, 0.25) is 11.7 Å². The molecule has 3 rings (SSSR count). The van der Waals surface area contributed by atoms with Crippen molar-refractivity contribution in [2.45, 2.75) is 19.4 Å². The third-order valence-electron chi connectivity index (χ3n) is 3.68. The van der Waals surface area contributed by atoms with Crippen molar-refractivity contribution in [1.82, 2.24) is 25.1 Å². The van der Waals surface area contributed by atoms with Crippen LogP contribution in [-0.4, -0.2) is 55.8 Å². The molecule has 1 aliphatic heterocycles. The third-order valence-corrected chi connectivity index (χ3v) is 4.37. The molecule has 1 amide bonds. The molecule has 7 nitrogen and oxygen atoms in total. The van der Waals surface area contributed by atoms with Crippen LogP contribution in [0.2, 0.25) is 0 Å². The molecular weight excluding hydrogens is 290 g/mol. The summed E-state index contributed by atoms with van der Waals surface area (Å²) in [6.07, 6.45) is 1.71. The molecule has 1 aliphatic rings. The number of rotatable bonds is 5. The highest BCUT2D eigenvalue weighted by Gasteiger charge is 2.26. The molecule has 0 radical (unpaired) electrons. The first kappa shape index (κ1) is 14.2. The molecule has 0 bridgehead atoms. The van der Waals surface area contributed by atoms with Crippen LogP contribution in [0.5, 0.6) is 0 Å². The number of aliphatic hydroxyl groups excluding tert-OH is 1. The molecule has 2 aromatic heterocycles. The SMILES string of the molecule is O=C(Cn1nnc(-c2ccsc2)n1)N1CCC(CCO)C1. The van der Waals surface area contributed by atoms with E-state index in [9.17, 15) is 4.79 Å². The fraction of sp³-hybridized carbons (Fsp3) is 0.538. The van der Waals surface area contributed by atoms with Gasteiger partial charge in [-0.1, -0.05) is 0 Å². The fourth-order valence-corrected chi connectivity index (χ4v) is 3.15. The minimum atomic E-state index is 0.00436. The molecule has 0 aromatic carbocycles. The van der Waals surface area contributed by atoms with Crippen molar-refractivity contribution in [1.29, 1.82) is 0 Å². The van der Waals surface area contributed by atoms with Gasteiger partial charge in [0.15, 0.2) is 0 Å². The van der Waals surface area contributed by atoms with Crippen molar-refractivity contribution in [2.24, 2.45) is 5.92 Å². The molecule has 3 heterocycles. The zero-order chi connectivity index (χ0) is 14.7. The average Bonchev–Trinajstić information content (AvgIpc) is 3.20. The van der Waals surface area contributed by atoms with Crippen LogP contribution in [0.25, 0.3) is 11.4 Å². The van der Waals surface area contributed by atoms with Crippen molar-refractivity contribution in [3.05, 3.63) is 16.8 Å². The molecule has 21 heavy (non-hydrogen) atoms. The second-order valence-corrected chi connectivity index (χ2v) is 5.94. The summed E-state index contributed by atoms with van der Waals surface area (Å²) < 4.78 is 0. The summed E-state index contributed by atoms with van der Waals surface area (Å²) >= 11 is 1.57. The number of aromatic nitrogens is 4. The van der Waals surface area contributed by atoms with Gasteiger partial charge in [-0.2, -0.15) is 16.1 Å². The minimum Gasteiger partial charge on any atom is -0.396 e. The molecule has 0 spiro atoms. The lowest BCUT2D eigenvalue weighted by Crippen LogP contribution is -2.32. The van der Waals surface area contributed by atoms with E-state index >= 15 is 0 Å². The molecule has 1 fully saturated rings. The van der Waals surface area contributed by atoms with Gasteiger partial charge in [0.1, 0.15) is 6.54 Å². The maximum absolute atomic E-state index is 12.2. The largest absolute Gasteiger partial charge is 0.396 e. The topological polar surface area (TPSA) is 84.1 Å². The number of aliphatic hydroxyl groups is 1.